The molecule has 8 heteroatoms. The van der Waals surface area contributed by atoms with Gasteiger partial charge in [0.1, 0.15) is 23.0 Å². The van der Waals surface area contributed by atoms with Gasteiger partial charge in [-0.3, -0.25) is 5.10 Å². The van der Waals surface area contributed by atoms with E-state index in [1.54, 1.807) is 0 Å². The molecular formula is C10H13N7S. The van der Waals surface area contributed by atoms with Gasteiger partial charge in [-0.15, -0.1) is 0 Å². The third-order valence-electron chi connectivity index (χ3n) is 2.78. The molecule has 3 rings (SSSR count). The van der Waals surface area contributed by atoms with Crippen molar-refractivity contribution in [3.63, 3.8) is 0 Å². The number of hydrazine groups is 1. The molecule has 1 fully saturated rings. The highest BCUT2D eigenvalue weighted by molar-refractivity contribution is 7.99. The maximum atomic E-state index is 5.50. The van der Waals surface area contributed by atoms with Gasteiger partial charge in [0.25, 0.3) is 0 Å². The Hall–Kier alpha value is -1.67. The molecule has 1 aliphatic rings. The van der Waals surface area contributed by atoms with Crippen LogP contribution in [0.4, 0.5) is 5.82 Å². The highest BCUT2D eigenvalue weighted by Crippen LogP contribution is 2.40. The number of H-pyrrole nitrogens is 1. The van der Waals surface area contributed by atoms with Crippen molar-refractivity contribution >= 4 is 17.6 Å². The molecule has 1 aliphatic carbocycles. The van der Waals surface area contributed by atoms with Gasteiger partial charge in [-0.2, -0.15) is 5.10 Å². The first-order valence-electron chi connectivity index (χ1n) is 5.66. The number of nitrogens with two attached hydrogens (primary N) is 1. The molecule has 0 spiro atoms. The topological polar surface area (TPSA) is 105 Å². The van der Waals surface area contributed by atoms with Crippen molar-refractivity contribution in [3.05, 3.63) is 17.7 Å². The average Bonchev–Trinajstić information content (AvgIpc) is 3.11. The fourth-order valence-electron chi connectivity index (χ4n) is 1.61. The number of aromatic nitrogens is 5. The molecule has 7 nitrogen and oxygen atoms in total. The van der Waals surface area contributed by atoms with Crippen LogP contribution in [0, 0.1) is 6.92 Å². The van der Waals surface area contributed by atoms with E-state index in [2.05, 4.69) is 30.6 Å². The molecule has 2 aromatic heterocycles. The molecule has 0 aromatic carbocycles. The lowest BCUT2D eigenvalue weighted by atomic mass is 10.3. The van der Waals surface area contributed by atoms with E-state index in [9.17, 15) is 0 Å². The minimum atomic E-state index is 0.478. The molecular weight excluding hydrogens is 250 g/mol. The number of anilines is 1. The van der Waals surface area contributed by atoms with E-state index in [1.165, 1.54) is 18.1 Å². The Morgan fingerprint density at radius 2 is 2.28 bits per heavy atom. The minimum absolute atomic E-state index is 0.478. The van der Waals surface area contributed by atoms with Gasteiger partial charge in [-0.25, -0.2) is 20.8 Å². The largest absolute Gasteiger partial charge is 0.308 e. The lowest BCUT2D eigenvalue weighted by Crippen LogP contribution is -2.13. The molecule has 0 aliphatic heterocycles. The third kappa shape index (κ3) is 2.16. The Bertz CT molecular complexity index is 550. The van der Waals surface area contributed by atoms with Gasteiger partial charge in [0.2, 0.25) is 0 Å². The Kier molecular flexibility index (Phi) is 2.88. The number of nitrogens with one attached hydrogen (secondary N) is 2. The maximum Gasteiger partial charge on any atom is 0.189 e. The zero-order valence-electron chi connectivity index (χ0n) is 9.84. The van der Waals surface area contributed by atoms with E-state index in [0.29, 0.717) is 16.9 Å². The lowest BCUT2D eigenvalue weighted by molar-refractivity contribution is 0.858. The van der Waals surface area contributed by atoms with Crippen molar-refractivity contribution in [3.8, 4) is 0 Å². The minimum Gasteiger partial charge on any atom is -0.308 e. The van der Waals surface area contributed by atoms with Crippen molar-refractivity contribution in [1.82, 2.24) is 25.1 Å². The molecule has 2 aromatic rings. The first-order valence-corrected chi connectivity index (χ1v) is 6.48. The Morgan fingerprint density at radius 3 is 2.89 bits per heavy atom. The summed E-state index contributed by atoms with van der Waals surface area (Å²) >= 11 is 1.43. The summed E-state index contributed by atoms with van der Waals surface area (Å²) in [6, 6.07) is 0. The van der Waals surface area contributed by atoms with Crippen LogP contribution in [-0.4, -0.2) is 25.1 Å². The predicted octanol–water partition coefficient (Wildman–Crippen LogP) is 1.22. The van der Waals surface area contributed by atoms with Crippen LogP contribution in [0.25, 0.3) is 0 Å². The molecule has 2 heterocycles. The van der Waals surface area contributed by atoms with E-state index in [0.717, 1.165) is 29.3 Å². The molecule has 0 amide bonds. The SMILES string of the molecule is Cc1c(NN)nc(C2CC2)nc1Sc1ncn[nH]1. The van der Waals surface area contributed by atoms with Crippen LogP contribution in [-0.2, 0) is 0 Å². The van der Waals surface area contributed by atoms with E-state index in [1.807, 2.05) is 6.92 Å². The monoisotopic (exact) mass is 263 g/mol. The normalized spacial score (nSPS) is 14.8. The summed E-state index contributed by atoms with van der Waals surface area (Å²) in [6.07, 6.45) is 3.78. The Labute approximate surface area is 108 Å². The van der Waals surface area contributed by atoms with Crippen molar-refractivity contribution in [2.45, 2.75) is 35.9 Å². The van der Waals surface area contributed by atoms with Crippen LogP contribution in [0.2, 0.25) is 0 Å². The quantitative estimate of drug-likeness (QED) is 0.432. The lowest BCUT2D eigenvalue weighted by Gasteiger charge is -2.10. The highest BCUT2D eigenvalue weighted by atomic mass is 32.2. The first-order chi connectivity index (χ1) is 8.78. The second-order valence-corrected chi connectivity index (χ2v) is 5.15. The standard InChI is InChI=1S/C10H13N7S/c1-5-7(16-11)14-8(6-2-3-6)15-9(5)18-10-12-4-13-17-10/h4,6H,2-3,11H2,1H3,(H,12,13,17)(H,14,15,16). The molecule has 0 saturated heterocycles. The fraction of sp³-hybridized carbons (Fsp3) is 0.400. The summed E-state index contributed by atoms with van der Waals surface area (Å²) in [5.41, 5.74) is 3.55. The highest BCUT2D eigenvalue weighted by Gasteiger charge is 2.28. The summed E-state index contributed by atoms with van der Waals surface area (Å²) in [6.45, 7) is 1.94. The van der Waals surface area contributed by atoms with E-state index in [4.69, 9.17) is 5.84 Å². The van der Waals surface area contributed by atoms with Crippen LogP contribution in [0.15, 0.2) is 16.5 Å². The van der Waals surface area contributed by atoms with Crippen LogP contribution in [0.5, 0.6) is 0 Å². The van der Waals surface area contributed by atoms with E-state index in [-0.39, 0.29) is 0 Å². The van der Waals surface area contributed by atoms with Crippen LogP contribution >= 0.6 is 11.8 Å². The molecule has 18 heavy (non-hydrogen) atoms. The zero-order chi connectivity index (χ0) is 12.5. The molecule has 94 valence electrons. The first kappa shape index (κ1) is 11.4. The van der Waals surface area contributed by atoms with Gasteiger partial charge in [-0.05, 0) is 31.5 Å². The number of rotatable bonds is 4. The van der Waals surface area contributed by atoms with Gasteiger partial charge in [-0.1, -0.05) is 0 Å². The molecule has 0 bridgehead atoms. The van der Waals surface area contributed by atoms with E-state index >= 15 is 0 Å². The summed E-state index contributed by atoms with van der Waals surface area (Å²) in [5, 5.41) is 8.19. The van der Waals surface area contributed by atoms with Crippen LogP contribution < -0.4 is 11.3 Å². The zero-order valence-corrected chi connectivity index (χ0v) is 10.7. The number of hydrogen-bond donors (Lipinski definition) is 3. The van der Waals surface area contributed by atoms with Crippen molar-refractivity contribution < 1.29 is 0 Å². The number of nitrogens with zero attached hydrogens (tertiary/aromatic N) is 4. The maximum absolute atomic E-state index is 5.50. The smallest absolute Gasteiger partial charge is 0.189 e. The van der Waals surface area contributed by atoms with Crippen molar-refractivity contribution in [1.29, 1.82) is 0 Å². The van der Waals surface area contributed by atoms with E-state index < -0.39 is 0 Å². The van der Waals surface area contributed by atoms with Gasteiger partial charge in [0.15, 0.2) is 5.16 Å². The Balaban J connectivity index is 1.98. The molecule has 1 saturated carbocycles. The van der Waals surface area contributed by atoms with Gasteiger partial charge < -0.3 is 5.43 Å². The number of nitrogen functional groups attached to an aromatic ring is 1. The second-order valence-electron chi connectivity index (χ2n) is 4.17. The summed E-state index contributed by atoms with van der Waals surface area (Å²) in [5.74, 6) is 7.51. The number of hydrogen-bond acceptors (Lipinski definition) is 7. The van der Waals surface area contributed by atoms with Gasteiger partial charge >= 0.3 is 0 Å². The fourth-order valence-corrected chi connectivity index (χ4v) is 2.38. The third-order valence-corrected chi connectivity index (χ3v) is 3.76. The second kappa shape index (κ2) is 4.54. The summed E-state index contributed by atoms with van der Waals surface area (Å²) < 4.78 is 0. The van der Waals surface area contributed by atoms with Crippen LogP contribution in [0.3, 0.4) is 0 Å². The number of aromatic amines is 1. The predicted molar refractivity (Wildman–Crippen MR) is 67.1 cm³/mol. The van der Waals surface area contributed by atoms with Gasteiger partial charge in [0.05, 0.1) is 0 Å². The van der Waals surface area contributed by atoms with Crippen molar-refractivity contribution in [2.24, 2.45) is 5.84 Å². The Morgan fingerprint density at radius 1 is 1.44 bits per heavy atom. The average molecular weight is 263 g/mol. The summed E-state index contributed by atoms with van der Waals surface area (Å²) in [4.78, 5) is 13.1. The molecule has 0 radical (unpaired) electrons. The van der Waals surface area contributed by atoms with Crippen molar-refractivity contribution in [2.75, 3.05) is 5.43 Å². The van der Waals surface area contributed by atoms with Gasteiger partial charge in [0, 0.05) is 11.5 Å². The molecule has 4 N–H and O–H groups in total. The molecule has 0 unspecified atom stereocenters. The summed E-state index contributed by atoms with van der Waals surface area (Å²) in [7, 11) is 0. The molecule has 0 atom stereocenters. The van der Waals surface area contributed by atoms with Crippen LogP contribution in [0.1, 0.15) is 30.1 Å².